The number of nitrogens with zero attached hydrogens (tertiary/aromatic N) is 1. The van der Waals surface area contributed by atoms with Crippen molar-refractivity contribution in [3.05, 3.63) is 0 Å². The number of carbonyl (C=O) groups is 1. The molecule has 1 amide bonds. The van der Waals surface area contributed by atoms with E-state index in [1.54, 1.807) is 6.92 Å². The smallest absolute Gasteiger partial charge is 0.219 e. The maximum absolute atomic E-state index is 11.1. The molecule has 13 heavy (non-hydrogen) atoms. The summed E-state index contributed by atoms with van der Waals surface area (Å²) in [5.41, 5.74) is 0.0145. The first kappa shape index (κ1) is 15.0. The molecule has 2 nitrogen and oxygen atoms in total. The minimum Gasteiger partial charge on any atom is -0.338 e. The molecule has 0 rings (SSSR count). The van der Waals surface area contributed by atoms with Gasteiger partial charge in [0.1, 0.15) is 0 Å². The fraction of sp³-hybridized carbons (Fsp3) is 0.909. The van der Waals surface area contributed by atoms with Crippen LogP contribution in [-0.2, 0) is 4.79 Å². The number of amides is 1. The molecule has 2 heteroatoms. The lowest BCUT2D eigenvalue weighted by Gasteiger charge is -2.36. The largest absolute Gasteiger partial charge is 0.338 e. The molecule has 0 aromatic heterocycles. The van der Waals surface area contributed by atoms with Gasteiger partial charge in [-0.15, -0.1) is 0 Å². The van der Waals surface area contributed by atoms with Crippen LogP contribution in [0.15, 0.2) is 0 Å². The Morgan fingerprint density at radius 2 is 1.62 bits per heavy atom. The van der Waals surface area contributed by atoms with Crippen molar-refractivity contribution >= 4 is 5.91 Å². The van der Waals surface area contributed by atoms with E-state index in [0.29, 0.717) is 0 Å². The van der Waals surface area contributed by atoms with Crippen molar-refractivity contribution in [2.24, 2.45) is 0 Å². The Morgan fingerprint density at radius 1 is 1.23 bits per heavy atom. The molecule has 0 aromatic carbocycles. The van der Waals surface area contributed by atoms with E-state index in [-0.39, 0.29) is 11.4 Å². The van der Waals surface area contributed by atoms with Crippen LogP contribution in [0, 0.1) is 0 Å². The summed E-state index contributed by atoms with van der Waals surface area (Å²) in [5, 5.41) is 0. The lowest BCUT2D eigenvalue weighted by Crippen LogP contribution is -2.46. The van der Waals surface area contributed by atoms with E-state index in [4.69, 9.17) is 0 Å². The molecule has 0 atom stereocenters. The van der Waals surface area contributed by atoms with E-state index in [0.717, 1.165) is 13.0 Å². The molecule has 0 spiro atoms. The molecule has 0 heterocycles. The first-order valence-electron chi connectivity index (χ1n) is 5.24. The van der Waals surface area contributed by atoms with E-state index in [1.807, 2.05) is 25.7 Å². The summed E-state index contributed by atoms with van der Waals surface area (Å²) < 4.78 is 0. The van der Waals surface area contributed by atoms with Crippen LogP contribution >= 0.6 is 0 Å². The molecule has 80 valence electrons. The molecule has 0 radical (unpaired) electrons. The van der Waals surface area contributed by atoms with Gasteiger partial charge in [-0.3, -0.25) is 4.79 Å². The Labute approximate surface area is 83.3 Å². The zero-order chi connectivity index (χ0) is 11.1. The van der Waals surface area contributed by atoms with Gasteiger partial charge in [-0.2, -0.15) is 0 Å². The summed E-state index contributed by atoms with van der Waals surface area (Å²) in [7, 11) is 0. The maximum Gasteiger partial charge on any atom is 0.219 e. The number of hydrogen-bond acceptors (Lipinski definition) is 1. The Morgan fingerprint density at radius 3 is 1.69 bits per heavy atom. The fourth-order valence-corrected chi connectivity index (χ4v) is 1.27. The second-order valence-electron chi connectivity index (χ2n) is 3.43. The van der Waals surface area contributed by atoms with Crippen LogP contribution in [0.2, 0.25) is 0 Å². The fourth-order valence-electron chi connectivity index (χ4n) is 1.27. The third kappa shape index (κ3) is 4.91. The van der Waals surface area contributed by atoms with Crippen LogP contribution in [0.25, 0.3) is 0 Å². The first-order chi connectivity index (χ1) is 5.95. The Balaban J connectivity index is 0. The van der Waals surface area contributed by atoms with Crippen molar-refractivity contribution in [3.8, 4) is 0 Å². The van der Waals surface area contributed by atoms with Crippen molar-refractivity contribution in [1.29, 1.82) is 0 Å². The van der Waals surface area contributed by atoms with Gasteiger partial charge in [0.25, 0.3) is 0 Å². The highest BCUT2D eigenvalue weighted by atomic mass is 16.2. The Kier molecular flexibility index (Phi) is 7.98. The summed E-state index contributed by atoms with van der Waals surface area (Å²) >= 11 is 0. The van der Waals surface area contributed by atoms with Gasteiger partial charge in [-0.05, 0) is 27.2 Å². The lowest BCUT2D eigenvalue weighted by molar-refractivity contribution is -0.133. The van der Waals surface area contributed by atoms with Gasteiger partial charge in [0, 0.05) is 19.0 Å². The molecular weight excluding hydrogens is 162 g/mol. The highest BCUT2D eigenvalue weighted by Gasteiger charge is 2.24. The highest BCUT2D eigenvalue weighted by Crippen LogP contribution is 2.17. The van der Waals surface area contributed by atoms with Crippen LogP contribution < -0.4 is 0 Å². The zero-order valence-electron chi connectivity index (χ0n) is 10.3. The normalized spacial score (nSPS) is 10.1. The molecule has 0 saturated carbocycles. The third-order valence-corrected chi connectivity index (χ3v) is 2.29. The van der Waals surface area contributed by atoms with E-state index < -0.39 is 0 Å². The minimum absolute atomic E-state index is 0.0145. The van der Waals surface area contributed by atoms with Gasteiger partial charge in [0.2, 0.25) is 5.91 Å². The predicted octanol–water partition coefficient (Wildman–Crippen LogP) is 3.07. The van der Waals surface area contributed by atoms with Gasteiger partial charge >= 0.3 is 0 Å². The molecular formula is C11H25NO. The standard InChI is InChI=1S/C9H19NO.C2H6/c1-6-9(4,5)10(7-2)8(3)11;1-2/h6-7H2,1-5H3;1-2H3. The summed E-state index contributed by atoms with van der Waals surface area (Å²) in [4.78, 5) is 13.0. The summed E-state index contributed by atoms with van der Waals surface area (Å²) in [6.07, 6.45) is 1.00. The third-order valence-electron chi connectivity index (χ3n) is 2.29. The zero-order valence-corrected chi connectivity index (χ0v) is 10.3. The van der Waals surface area contributed by atoms with E-state index in [1.165, 1.54) is 0 Å². The van der Waals surface area contributed by atoms with Crippen LogP contribution in [0.1, 0.15) is 54.9 Å². The molecule has 0 aromatic rings. The second kappa shape index (κ2) is 6.93. The maximum atomic E-state index is 11.1. The Bertz CT molecular complexity index is 141. The van der Waals surface area contributed by atoms with Crippen LogP contribution in [0.3, 0.4) is 0 Å². The van der Waals surface area contributed by atoms with Gasteiger partial charge in [-0.25, -0.2) is 0 Å². The van der Waals surface area contributed by atoms with Crippen molar-refractivity contribution < 1.29 is 4.79 Å². The SMILES string of the molecule is CC.CCN(C(C)=O)C(C)(C)CC. The quantitative estimate of drug-likeness (QED) is 0.665. The van der Waals surface area contributed by atoms with Crippen molar-refractivity contribution in [2.45, 2.75) is 60.4 Å². The van der Waals surface area contributed by atoms with Crippen LogP contribution in [0.5, 0.6) is 0 Å². The van der Waals surface area contributed by atoms with Crippen molar-refractivity contribution in [2.75, 3.05) is 6.54 Å². The van der Waals surface area contributed by atoms with Gasteiger partial charge in [0.15, 0.2) is 0 Å². The predicted molar refractivity (Wildman–Crippen MR) is 58.8 cm³/mol. The summed E-state index contributed by atoms with van der Waals surface area (Å²) in [5.74, 6) is 0.166. The lowest BCUT2D eigenvalue weighted by atomic mass is 9.99. The van der Waals surface area contributed by atoms with Gasteiger partial charge in [0.05, 0.1) is 0 Å². The summed E-state index contributed by atoms with van der Waals surface area (Å²) in [6, 6.07) is 0. The Hall–Kier alpha value is -0.530. The molecule has 0 bridgehead atoms. The number of carbonyl (C=O) groups excluding carboxylic acids is 1. The van der Waals surface area contributed by atoms with Crippen molar-refractivity contribution in [3.63, 3.8) is 0 Å². The van der Waals surface area contributed by atoms with E-state index in [2.05, 4.69) is 20.8 Å². The average molecular weight is 187 g/mol. The molecule has 0 N–H and O–H groups in total. The molecule has 0 fully saturated rings. The highest BCUT2D eigenvalue weighted by molar-refractivity contribution is 5.74. The monoisotopic (exact) mass is 187 g/mol. The number of hydrogen-bond donors (Lipinski definition) is 0. The second-order valence-corrected chi connectivity index (χ2v) is 3.43. The average Bonchev–Trinajstić information content (AvgIpc) is 2.08. The molecule has 0 aliphatic rings. The van der Waals surface area contributed by atoms with Crippen LogP contribution in [-0.4, -0.2) is 22.9 Å². The van der Waals surface area contributed by atoms with Crippen molar-refractivity contribution in [1.82, 2.24) is 4.90 Å². The topological polar surface area (TPSA) is 20.3 Å². The summed E-state index contributed by atoms with van der Waals surface area (Å²) in [6.45, 7) is 14.7. The molecule has 0 unspecified atom stereocenters. The molecule has 0 saturated heterocycles. The molecule has 0 aliphatic carbocycles. The van der Waals surface area contributed by atoms with Crippen LogP contribution in [0.4, 0.5) is 0 Å². The number of rotatable bonds is 3. The van der Waals surface area contributed by atoms with Gasteiger partial charge < -0.3 is 4.90 Å². The van der Waals surface area contributed by atoms with Gasteiger partial charge in [-0.1, -0.05) is 20.8 Å². The van der Waals surface area contributed by atoms with E-state index >= 15 is 0 Å². The first-order valence-corrected chi connectivity index (χ1v) is 5.24. The van der Waals surface area contributed by atoms with E-state index in [9.17, 15) is 4.79 Å². The molecule has 0 aliphatic heterocycles. The minimum atomic E-state index is 0.0145.